The van der Waals surface area contributed by atoms with Crippen LogP contribution in [0, 0.1) is 6.92 Å². The van der Waals surface area contributed by atoms with Crippen molar-refractivity contribution in [3.8, 4) is 0 Å². The molecule has 0 spiro atoms. The molecular formula is C9H11ClN6O. The normalized spacial score (nSPS) is 10.3. The maximum absolute atomic E-state index is 5.92. The molecule has 2 aromatic rings. The molecule has 0 saturated carbocycles. The summed E-state index contributed by atoms with van der Waals surface area (Å²) in [6, 6.07) is 1.82. The van der Waals surface area contributed by atoms with Gasteiger partial charge in [0.05, 0.1) is 18.4 Å². The second kappa shape index (κ2) is 4.98. The van der Waals surface area contributed by atoms with Crippen molar-refractivity contribution in [2.24, 2.45) is 5.84 Å². The van der Waals surface area contributed by atoms with Crippen LogP contribution in [-0.2, 0) is 6.54 Å². The zero-order chi connectivity index (χ0) is 12.3. The first-order valence-electron chi connectivity index (χ1n) is 4.84. The number of aryl methyl sites for hydroxylation is 1. The van der Waals surface area contributed by atoms with E-state index in [1.54, 1.807) is 0 Å². The summed E-state index contributed by atoms with van der Waals surface area (Å²) in [5.41, 5.74) is 3.16. The molecule has 0 aromatic carbocycles. The van der Waals surface area contributed by atoms with E-state index in [0.29, 0.717) is 23.1 Å². The number of rotatable bonds is 4. The average molecular weight is 255 g/mol. The van der Waals surface area contributed by atoms with E-state index in [-0.39, 0.29) is 5.95 Å². The van der Waals surface area contributed by atoms with Gasteiger partial charge in [-0.15, -0.1) is 0 Å². The predicted octanol–water partition coefficient (Wildman–Crippen LogP) is 1.32. The Labute approximate surface area is 102 Å². The van der Waals surface area contributed by atoms with Gasteiger partial charge in [-0.2, -0.15) is 4.98 Å². The van der Waals surface area contributed by atoms with Gasteiger partial charge in [0.2, 0.25) is 5.95 Å². The van der Waals surface area contributed by atoms with Crippen molar-refractivity contribution < 1.29 is 4.52 Å². The lowest BCUT2D eigenvalue weighted by molar-refractivity contribution is 0.384. The third-order valence-electron chi connectivity index (χ3n) is 1.98. The maximum atomic E-state index is 5.92. The van der Waals surface area contributed by atoms with E-state index in [2.05, 4.69) is 25.9 Å². The minimum absolute atomic E-state index is 0.283. The quantitative estimate of drug-likeness (QED) is 0.559. The number of hydrogen-bond acceptors (Lipinski definition) is 7. The number of nitrogens with one attached hydrogen (secondary N) is 2. The first kappa shape index (κ1) is 11.6. The number of nitrogens with two attached hydrogens (primary N) is 1. The number of halogens is 1. The Morgan fingerprint density at radius 3 is 3.00 bits per heavy atom. The lowest BCUT2D eigenvalue weighted by Gasteiger charge is -2.06. The van der Waals surface area contributed by atoms with Gasteiger partial charge < -0.3 is 9.84 Å². The van der Waals surface area contributed by atoms with Crippen LogP contribution in [0.2, 0.25) is 5.02 Å². The predicted molar refractivity (Wildman–Crippen MR) is 63.4 cm³/mol. The van der Waals surface area contributed by atoms with Crippen molar-refractivity contribution in [3.63, 3.8) is 0 Å². The minimum atomic E-state index is 0.283. The van der Waals surface area contributed by atoms with Crippen molar-refractivity contribution in [1.82, 2.24) is 15.1 Å². The molecule has 2 aromatic heterocycles. The summed E-state index contributed by atoms with van der Waals surface area (Å²) in [6.07, 6.45) is 1.46. The SMILES string of the molecule is Cc1cc(CNc2nc(NN)ncc2Cl)on1. The van der Waals surface area contributed by atoms with Gasteiger partial charge in [0, 0.05) is 6.07 Å². The molecule has 0 saturated heterocycles. The highest BCUT2D eigenvalue weighted by Gasteiger charge is 2.06. The van der Waals surface area contributed by atoms with Crippen LogP contribution < -0.4 is 16.6 Å². The maximum Gasteiger partial charge on any atom is 0.239 e. The van der Waals surface area contributed by atoms with E-state index in [9.17, 15) is 0 Å². The highest BCUT2D eigenvalue weighted by Crippen LogP contribution is 2.19. The monoisotopic (exact) mass is 254 g/mol. The van der Waals surface area contributed by atoms with Crippen molar-refractivity contribution in [1.29, 1.82) is 0 Å². The smallest absolute Gasteiger partial charge is 0.239 e. The van der Waals surface area contributed by atoms with E-state index in [1.165, 1.54) is 6.20 Å². The molecule has 0 unspecified atom stereocenters. The molecule has 0 bridgehead atoms. The Morgan fingerprint density at radius 1 is 1.53 bits per heavy atom. The summed E-state index contributed by atoms with van der Waals surface area (Å²) in [6.45, 7) is 2.28. The van der Waals surface area contributed by atoms with Crippen LogP contribution in [0.1, 0.15) is 11.5 Å². The zero-order valence-corrected chi connectivity index (χ0v) is 9.82. The van der Waals surface area contributed by atoms with E-state index >= 15 is 0 Å². The van der Waals surface area contributed by atoms with Crippen LogP contribution in [0.5, 0.6) is 0 Å². The fourth-order valence-electron chi connectivity index (χ4n) is 1.23. The zero-order valence-electron chi connectivity index (χ0n) is 9.07. The summed E-state index contributed by atoms with van der Waals surface area (Å²) in [5, 5.41) is 7.18. The molecule has 90 valence electrons. The van der Waals surface area contributed by atoms with Crippen LogP contribution in [0.25, 0.3) is 0 Å². The number of anilines is 2. The molecule has 4 N–H and O–H groups in total. The molecule has 0 fully saturated rings. The third kappa shape index (κ3) is 2.83. The molecule has 0 aliphatic heterocycles. The molecule has 0 radical (unpaired) electrons. The summed E-state index contributed by atoms with van der Waals surface area (Å²) < 4.78 is 5.04. The Hall–Kier alpha value is -1.86. The molecule has 17 heavy (non-hydrogen) atoms. The summed E-state index contributed by atoms with van der Waals surface area (Å²) in [4.78, 5) is 7.92. The van der Waals surface area contributed by atoms with Crippen molar-refractivity contribution in [3.05, 3.63) is 28.7 Å². The first-order chi connectivity index (χ1) is 8.19. The molecule has 0 amide bonds. The lowest BCUT2D eigenvalue weighted by atomic mass is 10.4. The summed E-state index contributed by atoms with van der Waals surface area (Å²) >= 11 is 5.92. The highest BCUT2D eigenvalue weighted by atomic mass is 35.5. The number of nitrogen functional groups attached to an aromatic ring is 1. The molecule has 2 heterocycles. The molecule has 0 atom stereocenters. The molecule has 2 rings (SSSR count). The van der Waals surface area contributed by atoms with Gasteiger partial charge in [0.25, 0.3) is 0 Å². The van der Waals surface area contributed by atoms with Gasteiger partial charge in [-0.05, 0) is 6.92 Å². The number of nitrogens with zero attached hydrogens (tertiary/aromatic N) is 3. The number of aromatic nitrogens is 3. The molecule has 8 heteroatoms. The second-order valence-corrected chi connectivity index (χ2v) is 3.73. The van der Waals surface area contributed by atoms with Crippen molar-refractivity contribution in [2.45, 2.75) is 13.5 Å². The minimum Gasteiger partial charge on any atom is -0.361 e. The van der Waals surface area contributed by atoms with Gasteiger partial charge in [0.15, 0.2) is 11.6 Å². The Kier molecular flexibility index (Phi) is 3.40. The van der Waals surface area contributed by atoms with Gasteiger partial charge in [0.1, 0.15) is 5.02 Å². The van der Waals surface area contributed by atoms with Gasteiger partial charge in [-0.25, -0.2) is 10.8 Å². The second-order valence-electron chi connectivity index (χ2n) is 3.32. The van der Waals surface area contributed by atoms with Crippen LogP contribution in [-0.4, -0.2) is 15.1 Å². The van der Waals surface area contributed by atoms with Gasteiger partial charge in [-0.3, -0.25) is 5.43 Å². The number of hydrogen-bond donors (Lipinski definition) is 3. The Bertz CT molecular complexity index is 514. The van der Waals surface area contributed by atoms with Crippen LogP contribution in [0.15, 0.2) is 16.8 Å². The van der Waals surface area contributed by atoms with Gasteiger partial charge >= 0.3 is 0 Å². The van der Waals surface area contributed by atoms with Gasteiger partial charge in [-0.1, -0.05) is 16.8 Å². The Morgan fingerprint density at radius 2 is 2.35 bits per heavy atom. The molecule has 7 nitrogen and oxygen atoms in total. The van der Waals surface area contributed by atoms with Crippen LogP contribution in [0.3, 0.4) is 0 Å². The lowest BCUT2D eigenvalue weighted by Crippen LogP contribution is -2.12. The average Bonchev–Trinajstić information content (AvgIpc) is 2.74. The Balaban J connectivity index is 2.07. The number of hydrazine groups is 1. The fraction of sp³-hybridized carbons (Fsp3) is 0.222. The van der Waals surface area contributed by atoms with E-state index < -0.39 is 0 Å². The van der Waals surface area contributed by atoms with E-state index in [0.717, 1.165) is 5.69 Å². The fourth-order valence-corrected chi connectivity index (χ4v) is 1.39. The van der Waals surface area contributed by atoms with Crippen molar-refractivity contribution >= 4 is 23.4 Å². The largest absolute Gasteiger partial charge is 0.361 e. The van der Waals surface area contributed by atoms with E-state index in [4.69, 9.17) is 22.0 Å². The molecule has 0 aliphatic carbocycles. The topological polar surface area (TPSA) is 102 Å². The van der Waals surface area contributed by atoms with E-state index in [1.807, 2.05) is 13.0 Å². The summed E-state index contributed by atoms with van der Waals surface area (Å²) in [5.74, 6) is 6.66. The molecular weight excluding hydrogens is 244 g/mol. The standard InChI is InChI=1S/C9H11ClN6O/c1-5-2-6(17-16-5)3-12-8-7(10)4-13-9(14-8)15-11/h2,4H,3,11H2,1H3,(H2,12,13,14,15). The summed E-state index contributed by atoms with van der Waals surface area (Å²) in [7, 11) is 0. The molecule has 0 aliphatic rings. The van der Waals surface area contributed by atoms with Crippen molar-refractivity contribution in [2.75, 3.05) is 10.7 Å². The van der Waals surface area contributed by atoms with Crippen LogP contribution in [0.4, 0.5) is 11.8 Å². The highest BCUT2D eigenvalue weighted by molar-refractivity contribution is 6.32. The van der Waals surface area contributed by atoms with Crippen LogP contribution >= 0.6 is 11.6 Å². The first-order valence-corrected chi connectivity index (χ1v) is 5.22. The third-order valence-corrected chi connectivity index (χ3v) is 2.26.